The van der Waals surface area contributed by atoms with Crippen molar-refractivity contribution in [2.45, 2.75) is 33.7 Å². The summed E-state index contributed by atoms with van der Waals surface area (Å²) in [7, 11) is 0. The second-order valence-electron chi connectivity index (χ2n) is 6.68. The van der Waals surface area contributed by atoms with Crippen LogP contribution in [-0.4, -0.2) is 29.2 Å². The van der Waals surface area contributed by atoms with Gasteiger partial charge in [0.05, 0.1) is 11.4 Å². The number of nitrogens with zero attached hydrogens (tertiary/aromatic N) is 2. The van der Waals surface area contributed by atoms with Gasteiger partial charge < -0.3 is 14.6 Å². The van der Waals surface area contributed by atoms with Crippen molar-refractivity contribution >= 4 is 22.9 Å². The summed E-state index contributed by atoms with van der Waals surface area (Å²) in [6, 6.07) is 9.86. The molecule has 1 atom stereocenters. The van der Waals surface area contributed by atoms with Gasteiger partial charge in [0, 0.05) is 5.69 Å². The third-order valence-corrected chi connectivity index (χ3v) is 5.26. The molecule has 0 bridgehead atoms. The van der Waals surface area contributed by atoms with Crippen molar-refractivity contribution in [1.29, 1.82) is 0 Å². The van der Waals surface area contributed by atoms with Crippen LogP contribution in [-0.2, 0) is 11.3 Å². The normalized spacial score (nSPS) is 12.1. The van der Waals surface area contributed by atoms with Gasteiger partial charge in [0.2, 0.25) is 0 Å². The molecule has 0 spiro atoms. The highest BCUT2D eigenvalue weighted by molar-refractivity contribution is 7.13. The molecule has 7 heteroatoms. The van der Waals surface area contributed by atoms with Crippen molar-refractivity contribution in [2.75, 3.05) is 18.4 Å². The predicted molar refractivity (Wildman–Crippen MR) is 107 cm³/mol. The molecule has 2 aromatic heterocycles. The van der Waals surface area contributed by atoms with E-state index in [9.17, 15) is 4.79 Å². The molecule has 1 amide bonds. The third-order valence-electron chi connectivity index (χ3n) is 4.40. The number of quaternary nitrogens is 1. The summed E-state index contributed by atoms with van der Waals surface area (Å²) in [5, 5.41) is 13.2. The minimum Gasteiger partial charge on any atom is -0.414 e. The SMILES string of the molecule is CCC[NH+](CC(=O)Nc1ccc(C)c(C)c1)Cc1nnc(-c2cccs2)o1. The highest BCUT2D eigenvalue weighted by atomic mass is 32.1. The fourth-order valence-electron chi connectivity index (χ4n) is 2.88. The Morgan fingerprint density at radius 2 is 2.07 bits per heavy atom. The zero-order chi connectivity index (χ0) is 19.2. The molecule has 2 N–H and O–H groups in total. The Balaban J connectivity index is 1.61. The quantitative estimate of drug-likeness (QED) is 0.625. The molecule has 27 heavy (non-hydrogen) atoms. The second-order valence-corrected chi connectivity index (χ2v) is 7.63. The van der Waals surface area contributed by atoms with Gasteiger partial charge in [-0.25, -0.2) is 0 Å². The Hall–Kier alpha value is -2.51. The number of benzene rings is 1. The minimum absolute atomic E-state index is 0.0142. The molecular formula is C20H25N4O2S+. The zero-order valence-electron chi connectivity index (χ0n) is 15.9. The van der Waals surface area contributed by atoms with Crippen LogP contribution in [0.3, 0.4) is 0 Å². The topological polar surface area (TPSA) is 72.5 Å². The number of nitrogens with one attached hydrogen (secondary N) is 2. The zero-order valence-corrected chi connectivity index (χ0v) is 16.7. The van der Waals surface area contributed by atoms with Gasteiger partial charge in [0.15, 0.2) is 13.1 Å². The Labute approximate surface area is 163 Å². The Morgan fingerprint density at radius 3 is 2.78 bits per heavy atom. The van der Waals surface area contributed by atoms with E-state index in [-0.39, 0.29) is 5.91 Å². The number of rotatable bonds is 8. The van der Waals surface area contributed by atoms with E-state index in [2.05, 4.69) is 29.4 Å². The van der Waals surface area contributed by atoms with Crippen molar-refractivity contribution in [3.63, 3.8) is 0 Å². The van der Waals surface area contributed by atoms with Crippen molar-refractivity contribution in [2.24, 2.45) is 0 Å². The third kappa shape index (κ3) is 5.24. The lowest BCUT2D eigenvalue weighted by atomic mass is 10.1. The van der Waals surface area contributed by atoms with Crippen molar-refractivity contribution in [3.05, 3.63) is 52.7 Å². The predicted octanol–water partition coefficient (Wildman–Crippen LogP) is 2.85. The van der Waals surface area contributed by atoms with Crippen LogP contribution in [0.1, 0.15) is 30.4 Å². The number of anilines is 1. The summed E-state index contributed by atoms with van der Waals surface area (Å²) in [5.41, 5.74) is 3.21. The van der Waals surface area contributed by atoms with Crippen molar-refractivity contribution < 1.29 is 14.1 Å². The van der Waals surface area contributed by atoms with E-state index >= 15 is 0 Å². The molecule has 142 valence electrons. The summed E-state index contributed by atoms with van der Waals surface area (Å²) >= 11 is 1.57. The standard InChI is InChI=1S/C20H24N4O2S/c1-4-9-24(12-18(25)21-16-8-7-14(2)15(3)11-16)13-19-22-23-20(26-19)17-6-5-10-27-17/h5-8,10-11H,4,9,12-13H2,1-3H3,(H,21,25)/p+1. The fraction of sp³-hybridized carbons (Fsp3) is 0.350. The molecule has 0 aliphatic rings. The van der Waals surface area contributed by atoms with Crippen molar-refractivity contribution in [3.8, 4) is 10.8 Å². The van der Waals surface area contributed by atoms with Gasteiger partial charge in [-0.2, -0.15) is 0 Å². The average molecular weight is 386 g/mol. The maximum absolute atomic E-state index is 12.5. The van der Waals surface area contributed by atoms with Crippen LogP contribution in [0.2, 0.25) is 0 Å². The summed E-state index contributed by atoms with van der Waals surface area (Å²) in [6.07, 6.45) is 0.970. The van der Waals surface area contributed by atoms with Gasteiger partial charge in [-0.15, -0.1) is 21.5 Å². The number of amides is 1. The van der Waals surface area contributed by atoms with Crippen LogP contribution in [0.4, 0.5) is 5.69 Å². The smallest absolute Gasteiger partial charge is 0.279 e. The van der Waals surface area contributed by atoms with E-state index in [1.165, 1.54) is 5.56 Å². The summed E-state index contributed by atoms with van der Waals surface area (Å²) < 4.78 is 5.77. The first kappa shape index (κ1) is 19.3. The second kappa shape index (κ2) is 8.92. The molecule has 6 nitrogen and oxygen atoms in total. The van der Waals surface area contributed by atoms with E-state index in [0.29, 0.717) is 24.9 Å². The molecule has 1 aromatic carbocycles. The van der Waals surface area contributed by atoms with E-state index in [0.717, 1.165) is 34.0 Å². The van der Waals surface area contributed by atoms with E-state index in [4.69, 9.17) is 4.42 Å². The Kier molecular flexibility index (Phi) is 6.36. The first-order valence-electron chi connectivity index (χ1n) is 9.12. The number of hydrogen-bond donors (Lipinski definition) is 2. The lowest BCUT2D eigenvalue weighted by Crippen LogP contribution is -3.11. The van der Waals surface area contributed by atoms with Gasteiger partial charge in [0.25, 0.3) is 17.7 Å². The first-order valence-corrected chi connectivity index (χ1v) is 10.00. The van der Waals surface area contributed by atoms with E-state index < -0.39 is 0 Å². The number of carbonyl (C=O) groups excluding carboxylic acids is 1. The molecule has 1 unspecified atom stereocenters. The molecule has 0 aliphatic carbocycles. The number of aromatic nitrogens is 2. The summed E-state index contributed by atoms with van der Waals surface area (Å²) in [5.74, 6) is 1.08. The molecule has 3 rings (SSSR count). The molecule has 2 heterocycles. The Bertz CT molecular complexity index is 889. The van der Waals surface area contributed by atoms with E-state index in [1.54, 1.807) is 11.3 Å². The Morgan fingerprint density at radius 1 is 1.22 bits per heavy atom. The molecule has 0 saturated carbocycles. The summed E-state index contributed by atoms with van der Waals surface area (Å²) in [4.78, 5) is 14.5. The molecule has 0 fully saturated rings. The minimum atomic E-state index is -0.0142. The molecular weight excluding hydrogens is 360 g/mol. The highest BCUT2D eigenvalue weighted by Crippen LogP contribution is 2.22. The largest absolute Gasteiger partial charge is 0.414 e. The van der Waals surface area contributed by atoms with Gasteiger partial charge >= 0.3 is 0 Å². The highest BCUT2D eigenvalue weighted by Gasteiger charge is 2.19. The molecule has 0 aliphatic heterocycles. The monoisotopic (exact) mass is 385 g/mol. The number of carbonyl (C=O) groups is 1. The van der Waals surface area contributed by atoms with Crippen LogP contribution in [0, 0.1) is 13.8 Å². The van der Waals surface area contributed by atoms with Crippen LogP contribution < -0.4 is 10.2 Å². The number of thiophene rings is 1. The van der Waals surface area contributed by atoms with Crippen LogP contribution in [0.15, 0.2) is 40.1 Å². The lowest BCUT2D eigenvalue weighted by Gasteiger charge is -2.16. The van der Waals surface area contributed by atoms with Crippen molar-refractivity contribution in [1.82, 2.24) is 10.2 Å². The number of hydrogen-bond acceptors (Lipinski definition) is 5. The van der Waals surface area contributed by atoms with E-state index in [1.807, 2.05) is 42.6 Å². The molecule has 0 saturated heterocycles. The molecule has 0 radical (unpaired) electrons. The van der Waals surface area contributed by atoms with Gasteiger partial charge in [-0.05, 0) is 55.0 Å². The fourth-order valence-corrected chi connectivity index (χ4v) is 3.53. The van der Waals surface area contributed by atoms with Crippen LogP contribution in [0.5, 0.6) is 0 Å². The van der Waals surface area contributed by atoms with Gasteiger partial charge in [-0.1, -0.05) is 19.1 Å². The summed E-state index contributed by atoms with van der Waals surface area (Å²) in [6.45, 7) is 7.95. The first-order chi connectivity index (χ1) is 13.0. The van der Waals surface area contributed by atoms with Crippen LogP contribution >= 0.6 is 11.3 Å². The average Bonchev–Trinajstić information content (AvgIpc) is 3.29. The van der Waals surface area contributed by atoms with Gasteiger partial charge in [-0.3, -0.25) is 4.79 Å². The number of aryl methyl sites for hydroxylation is 2. The van der Waals surface area contributed by atoms with Crippen LogP contribution in [0.25, 0.3) is 10.8 Å². The lowest BCUT2D eigenvalue weighted by molar-refractivity contribution is -0.907. The maximum atomic E-state index is 12.5. The van der Waals surface area contributed by atoms with Gasteiger partial charge in [0.1, 0.15) is 0 Å². The maximum Gasteiger partial charge on any atom is 0.279 e. The molecule has 3 aromatic rings.